The highest BCUT2D eigenvalue weighted by atomic mass is 79.9. The number of halogens is 3. The second-order valence-electron chi connectivity index (χ2n) is 6.81. The third kappa shape index (κ3) is 5.58. The predicted molar refractivity (Wildman–Crippen MR) is 115 cm³/mol. The highest BCUT2D eigenvalue weighted by molar-refractivity contribution is 9.10. The molecule has 1 saturated heterocycles. The molecule has 0 saturated carbocycles. The van der Waals surface area contributed by atoms with Gasteiger partial charge in [-0.25, -0.2) is 4.39 Å². The molecule has 1 fully saturated rings. The molecule has 0 bridgehead atoms. The minimum absolute atomic E-state index is 0.0695. The van der Waals surface area contributed by atoms with E-state index in [-0.39, 0.29) is 41.3 Å². The Labute approximate surface area is 187 Å². The lowest BCUT2D eigenvalue weighted by atomic mass is 10.1. The first-order valence-electron chi connectivity index (χ1n) is 9.41. The Hall–Kier alpha value is -2.45. The molecule has 0 spiro atoms. The molecule has 0 aromatic heterocycles. The van der Waals surface area contributed by atoms with E-state index in [4.69, 9.17) is 11.6 Å². The van der Waals surface area contributed by atoms with Crippen LogP contribution >= 0.6 is 27.5 Å². The summed E-state index contributed by atoms with van der Waals surface area (Å²) in [5.74, 6) is -1.10. The third-order valence-corrected chi connectivity index (χ3v) is 5.65. The van der Waals surface area contributed by atoms with Crippen LogP contribution in [-0.4, -0.2) is 60.2 Å². The topological polar surface area (TPSA) is 69.7 Å². The van der Waals surface area contributed by atoms with Gasteiger partial charge in [0.25, 0.3) is 11.8 Å². The summed E-state index contributed by atoms with van der Waals surface area (Å²) in [6.45, 7) is 1.75. The number of carbonyl (C=O) groups is 3. The summed E-state index contributed by atoms with van der Waals surface area (Å²) in [7, 11) is 0. The maximum Gasteiger partial charge on any atom is 0.255 e. The van der Waals surface area contributed by atoms with E-state index in [9.17, 15) is 18.8 Å². The highest BCUT2D eigenvalue weighted by Gasteiger charge is 2.26. The highest BCUT2D eigenvalue weighted by Crippen LogP contribution is 2.20. The maximum absolute atomic E-state index is 13.2. The van der Waals surface area contributed by atoms with E-state index in [1.165, 1.54) is 12.1 Å². The van der Waals surface area contributed by atoms with Gasteiger partial charge in [-0.2, -0.15) is 0 Å². The number of hydrogen-bond donors (Lipinski definition) is 1. The zero-order valence-electron chi connectivity index (χ0n) is 16.0. The van der Waals surface area contributed by atoms with E-state index in [1.807, 2.05) is 0 Å². The fourth-order valence-electron chi connectivity index (χ4n) is 3.14. The molecule has 30 heavy (non-hydrogen) atoms. The first kappa shape index (κ1) is 22.2. The van der Waals surface area contributed by atoms with Crippen LogP contribution < -0.4 is 5.32 Å². The molecule has 2 aromatic rings. The Kier molecular flexibility index (Phi) is 7.44. The smallest absolute Gasteiger partial charge is 0.255 e. The Balaban J connectivity index is 1.44. The first-order chi connectivity index (χ1) is 14.3. The molecule has 9 heteroatoms. The van der Waals surface area contributed by atoms with Crippen LogP contribution in [0.1, 0.15) is 27.1 Å². The molecular weight excluding hydrogens is 477 g/mol. The van der Waals surface area contributed by atoms with Crippen molar-refractivity contribution in [3.8, 4) is 0 Å². The second-order valence-corrected chi connectivity index (χ2v) is 8.13. The summed E-state index contributed by atoms with van der Waals surface area (Å²) in [6, 6.07) is 10.6. The predicted octanol–water partition coefficient (Wildman–Crippen LogP) is 3.35. The zero-order valence-corrected chi connectivity index (χ0v) is 18.4. The second kappa shape index (κ2) is 10.0. The van der Waals surface area contributed by atoms with Gasteiger partial charge < -0.3 is 15.1 Å². The molecule has 6 nitrogen and oxygen atoms in total. The van der Waals surface area contributed by atoms with Crippen LogP contribution in [0.25, 0.3) is 0 Å². The van der Waals surface area contributed by atoms with Gasteiger partial charge in [0.1, 0.15) is 5.82 Å². The van der Waals surface area contributed by atoms with Crippen molar-refractivity contribution >= 4 is 45.3 Å². The summed E-state index contributed by atoms with van der Waals surface area (Å²) < 4.78 is 14.1. The largest absolute Gasteiger partial charge is 0.352 e. The lowest BCUT2D eigenvalue weighted by molar-refractivity contribution is -0.132. The van der Waals surface area contributed by atoms with Crippen molar-refractivity contribution in [2.75, 3.05) is 32.7 Å². The van der Waals surface area contributed by atoms with E-state index in [0.29, 0.717) is 31.7 Å². The number of rotatable bonds is 5. The molecule has 1 N–H and O–H groups in total. The van der Waals surface area contributed by atoms with Crippen molar-refractivity contribution in [1.29, 1.82) is 0 Å². The maximum atomic E-state index is 13.2. The number of nitrogens with one attached hydrogen (secondary N) is 1. The number of carbonyl (C=O) groups excluding carboxylic acids is 3. The summed E-state index contributed by atoms with van der Waals surface area (Å²) in [4.78, 5) is 40.3. The van der Waals surface area contributed by atoms with Crippen LogP contribution in [0.4, 0.5) is 4.39 Å². The van der Waals surface area contributed by atoms with Crippen molar-refractivity contribution in [2.45, 2.75) is 6.42 Å². The van der Waals surface area contributed by atoms with Crippen LogP contribution in [0.2, 0.25) is 5.02 Å². The SMILES string of the molecule is O=C(NCCC(=O)N1CCN(C(=O)c2ccc(F)cc2Cl)CC1)c1ccc(Br)cc1. The van der Waals surface area contributed by atoms with Crippen molar-refractivity contribution in [1.82, 2.24) is 15.1 Å². The Morgan fingerprint density at radius 2 is 1.63 bits per heavy atom. The van der Waals surface area contributed by atoms with Crippen molar-refractivity contribution in [3.05, 3.63) is 68.9 Å². The van der Waals surface area contributed by atoms with Crippen LogP contribution in [0.15, 0.2) is 46.9 Å². The monoisotopic (exact) mass is 495 g/mol. The normalized spacial score (nSPS) is 13.8. The van der Waals surface area contributed by atoms with E-state index in [1.54, 1.807) is 34.1 Å². The Morgan fingerprint density at radius 1 is 1.00 bits per heavy atom. The molecule has 3 rings (SSSR count). The van der Waals surface area contributed by atoms with E-state index < -0.39 is 5.82 Å². The standard InChI is InChI=1S/C21H20BrClFN3O3/c22-15-3-1-14(2-4-15)20(29)25-8-7-19(28)26-9-11-27(12-10-26)21(30)17-6-5-16(24)13-18(17)23/h1-6,13H,7-12H2,(H,25,29). The summed E-state index contributed by atoms with van der Waals surface area (Å²) >= 11 is 9.28. The average Bonchev–Trinajstić information content (AvgIpc) is 2.73. The molecule has 3 amide bonds. The first-order valence-corrected chi connectivity index (χ1v) is 10.6. The lowest BCUT2D eigenvalue weighted by Crippen LogP contribution is -2.51. The molecule has 0 radical (unpaired) electrons. The number of benzene rings is 2. The van der Waals surface area contributed by atoms with E-state index in [2.05, 4.69) is 21.2 Å². The van der Waals surface area contributed by atoms with Crippen molar-refractivity contribution in [2.24, 2.45) is 0 Å². The van der Waals surface area contributed by atoms with Crippen LogP contribution in [-0.2, 0) is 4.79 Å². The summed E-state index contributed by atoms with van der Waals surface area (Å²) in [6.07, 6.45) is 0.181. The summed E-state index contributed by atoms with van der Waals surface area (Å²) in [5.41, 5.74) is 0.769. The van der Waals surface area contributed by atoms with Gasteiger partial charge in [0, 0.05) is 49.2 Å². The lowest BCUT2D eigenvalue weighted by Gasteiger charge is -2.35. The third-order valence-electron chi connectivity index (χ3n) is 4.81. The minimum atomic E-state index is -0.501. The van der Waals surface area contributed by atoms with Crippen molar-refractivity contribution in [3.63, 3.8) is 0 Å². The molecule has 1 aliphatic rings. The van der Waals surface area contributed by atoms with Crippen LogP contribution in [0, 0.1) is 5.82 Å². The minimum Gasteiger partial charge on any atom is -0.352 e. The fraction of sp³-hybridized carbons (Fsp3) is 0.286. The summed E-state index contributed by atoms with van der Waals surface area (Å²) in [5, 5.41) is 2.81. The van der Waals surface area contributed by atoms with E-state index >= 15 is 0 Å². The molecule has 0 atom stereocenters. The zero-order chi connectivity index (χ0) is 21.7. The van der Waals surface area contributed by atoms with Gasteiger partial charge in [-0.1, -0.05) is 27.5 Å². The van der Waals surface area contributed by atoms with Gasteiger partial charge >= 0.3 is 0 Å². The molecule has 158 valence electrons. The fourth-order valence-corrected chi connectivity index (χ4v) is 3.65. The van der Waals surface area contributed by atoms with Gasteiger partial charge in [-0.05, 0) is 42.5 Å². The molecule has 1 aliphatic heterocycles. The number of piperazine rings is 1. The Morgan fingerprint density at radius 3 is 2.27 bits per heavy atom. The number of nitrogens with zero attached hydrogens (tertiary/aromatic N) is 2. The van der Waals surface area contributed by atoms with Crippen molar-refractivity contribution < 1.29 is 18.8 Å². The number of hydrogen-bond acceptors (Lipinski definition) is 3. The van der Waals surface area contributed by atoms with Gasteiger partial charge in [0.2, 0.25) is 5.91 Å². The van der Waals surface area contributed by atoms with Crippen LogP contribution in [0.5, 0.6) is 0 Å². The molecule has 0 aliphatic carbocycles. The van der Waals surface area contributed by atoms with E-state index in [0.717, 1.165) is 10.5 Å². The molecule has 1 heterocycles. The van der Waals surface area contributed by atoms with Gasteiger partial charge in [-0.15, -0.1) is 0 Å². The quantitative estimate of drug-likeness (QED) is 0.690. The van der Waals surface area contributed by atoms with Gasteiger partial charge in [0.05, 0.1) is 10.6 Å². The van der Waals surface area contributed by atoms with Gasteiger partial charge in [0.15, 0.2) is 0 Å². The number of amides is 3. The molecule has 0 unspecified atom stereocenters. The van der Waals surface area contributed by atoms with Crippen LogP contribution in [0.3, 0.4) is 0 Å². The Bertz CT molecular complexity index is 947. The molecule has 2 aromatic carbocycles. The molecular formula is C21H20BrClFN3O3. The average molecular weight is 497 g/mol. The van der Waals surface area contributed by atoms with Gasteiger partial charge in [-0.3, -0.25) is 14.4 Å².